The largest absolute Gasteiger partial charge is 0.348 e. The second-order valence-electron chi connectivity index (χ2n) is 11.2. The number of Topliss-reactive ketones (excluding diaryl/α,β-unsaturated/α-hetero) is 1. The molecule has 4 aromatic rings. The number of nitrogens with one attached hydrogen (secondary N) is 2. The quantitative estimate of drug-likeness (QED) is 0.241. The number of thiophene rings is 1. The van der Waals surface area contributed by atoms with Crippen LogP contribution in [0.5, 0.6) is 0 Å². The number of rotatable bonds is 10. The van der Waals surface area contributed by atoms with Gasteiger partial charge in [0.25, 0.3) is 15.9 Å². The molecule has 2 atom stereocenters. The fourth-order valence-electron chi connectivity index (χ4n) is 6.38. The third kappa shape index (κ3) is 5.01. The molecule has 0 radical (unpaired) electrons. The summed E-state index contributed by atoms with van der Waals surface area (Å²) in [7, 11) is -3.66. The maximum atomic E-state index is 14.6. The Balaban J connectivity index is 1.20. The van der Waals surface area contributed by atoms with Crippen LogP contribution in [0.4, 0.5) is 0 Å². The van der Waals surface area contributed by atoms with Crippen molar-refractivity contribution in [3.8, 4) is 6.07 Å². The van der Waals surface area contributed by atoms with Crippen LogP contribution in [0.15, 0.2) is 74.4 Å². The van der Waals surface area contributed by atoms with E-state index in [1.165, 1.54) is 15.6 Å². The summed E-state index contributed by atoms with van der Waals surface area (Å²) in [6.45, 7) is 0.559. The van der Waals surface area contributed by atoms with Crippen LogP contribution in [-0.4, -0.2) is 79.8 Å². The second kappa shape index (κ2) is 10.9. The minimum atomic E-state index is -3.66. The van der Waals surface area contributed by atoms with Gasteiger partial charge in [-0.3, -0.25) is 19.5 Å². The minimum absolute atomic E-state index is 0.0811. The average molecular weight is 694 g/mol. The van der Waals surface area contributed by atoms with E-state index in [1.54, 1.807) is 66.3 Å². The van der Waals surface area contributed by atoms with Crippen molar-refractivity contribution < 1.29 is 18.0 Å². The van der Waals surface area contributed by atoms with E-state index < -0.39 is 15.6 Å². The Labute approximate surface area is 265 Å². The topological polar surface area (TPSA) is 168 Å². The summed E-state index contributed by atoms with van der Waals surface area (Å²) in [6.07, 6.45) is 6.73. The number of amides is 1. The molecule has 5 heterocycles. The zero-order valence-corrected chi connectivity index (χ0v) is 26.3. The van der Waals surface area contributed by atoms with Crippen LogP contribution >= 0.6 is 27.3 Å². The maximum absolute atomic E-state index is 14.6. The van der Waals surface area contributed by atoms with Crippen molar-refractivity contribution >= 4 is 54.8 Å². The van der Waals surface area contributed by atoms with Crippen molar-refractivity contribution in [3.63, 3.8) is 0 Å². The SMILES string of the molecule is N#Cc1ccc(C(=O)CC2=NC(Cc3cnc[nH]3)(Cc3cnc[nH]3)C(=O)N2C2[C@H]3CN(S(=O)(=O)c4ccc(Br)s4)C[C@H]23)cc1. The molecule has 0 bridgehead atoms. The van der Waals surface area contributed by atoms with Gasteiger partial charge in [0.05, 0.1) is 34.5 Å². The first-order chi connectivity index (χ1) is 21.2. The summed E-state index contributed by atoms with van der Waals surface area (Å²) in [4.78, 5) is 49.1. The van der Waals surface area contributed by atoms with Gasteiger partial charge in [-0.05, 0) is 40.2 Å². The number of benzene rings is 1. The van der Waals surface area contributed by atoms with Crippen molar-refractivity contribution in [3.05, 3.63) is 87.7 Å². The molecule has 44 heavy (non-hydrogen) atoms. The van der Waals surface area contributed by atoms with Gasteiger partial charge in [-0.15, -0.1) is 11.3 Å². The summed E-state index contributed by atoms with van der Waals surface area (Å²) >= 11 is 4.51. The predicted octanol–water partition coefficient (Wildman–Crippen LogP) is 3.19. The fourth-order valence-corrected chi connectivity index (χ4v) is 10.1. The molecule has 1 aromatic carbocycles. The number of carbonyl (C=O) groups is 2. The van der Waals surface area contributed by atoms with Crippen LogP contribution in [0.2, 0.25) is 0 Å². The first-order valence-corrected chi connectivity index (χ1v) is 16.9. The molecule has 1 saturated heterocycles. The highest BCUT2D eigenvalue weighted by atomic mass is 79.9. The van der Waals surface area contributed by atoms with Crippen molar-refractivity contribution in [2.75, 3.05) is 13.1 Å². The first kappa shape index (κ1) is 28.8. The zero-order chi connectivity index (χ0) is 30.6. The minimum Gasteiger partial charge on any atom is -0.348 e. The number of nitriles is 1. The Hall–Kier alpha value is -3.97. The number of piperidine rings is 1. The van der Waals surface area contributed by atoms with E-state index in [9.17, 15) is 18.0 Å². The maximum Gasteiger partial charge on any atom is 0.256 e. The number of aromatic amines is 2. The number of nitrogens with zero attached hydrogens (tertiary/aromatic N) is 6. The molecule has 3 aliphatic rings. The van der Waals surface area contributed by atoms with E-state index in [4.69, 9.17) is 10.3 Å². The third-order valence-corrected chi connectivity index (χ3v) is 12.4. The number of hydrogen-bond donors (Lipinski definition) is 2. The highest BCUT2D eigenvalue weighted by Crippen LogP contribution is 2.53. The van der Waals surface area contributed by atoms with E-state index in [1.807, 2.05) is 0 Å². The molecular formula is C29H25BrN8O4S2. The summed E-state index contributed by atoms with van der Waals surface area (Å²) in [6, 6.07) is 11.4. The number of imidazole rings is 2. The highest BCUT2D eigenvalue weighted by Gasteiger charge is 2.65. The monoisotopic (exact) mass is 692 g/mol. The van der Waals surface area contributed by atoms with Gasteiger partial charge in [0.15, 0.2) is 11.3 Å². The summed E-state index contributed by atoms with van der Waals surface area (Å²) in [5.74, 6) is -0.271. The number of halogens is 1. The Morgan fingerprint density at radius 2 is 1.68 bits per heavy atom. The highest BCUT2D eigenvalue weighted by molar-refractivity contribution is 9.11. The van der Waals surface area contributed by atoms with Gasteiger partial charge in [0, 0.05) is 73.2 Å². The third-order valence-electron chi connectivity index (χ3n) is 8.52. The van der Waals surface area contributed by atoms with Crippen molar-refractivity contribution in [1.82, 2.24) is 29.1 Å². The molecule has 0 unspecified atom stereocenters. The van der Waals surface area contributed by atoms with Crippen molar-refractivity contribution in [2.45, 2.75) is 35.1 Å². The van der Waals surface area contributed by atoms with Gasteiger partial charge in [-0.25, -0.2) is 18.4 Å². The summed E-state index contributed by atoms with van der Waals surface area (Å²) < 4.78 is 29.1. The lowest BCUT2D eigenvalue weighted by Gasteiger charge is -2.28. The van der Waals surface area contributed by atoms with E-state index >= 15 is 0 Å². The van der Waals surface area contributed by atoms with Crippen LogP contribution in [0.25, 0.3) is 0 Å². The van der Waals surface area contributed by atoms with Gasteiger partial charge >= 0.3 is 0 Å². The van der Waals surface area contributed by atoms with Gasteiger partial charge < -0.3 is 9.97 Å². The molecule has 2 N–H and O–H groups in total. The van der Waals surface area contributed by atoms with Gasteiger partial charge in [0.1, 0.15) is 10.0 Å². The average Bonchev–Trinajstić information content (AvgIpc) is 3.72. The van der Waals surface area contributed by atoms with Gasteiger partial charge in [0.2, 0.25) is 0 Å². The molecule has 1 amide bonds. The van der Waals surface area contributed by atoms with Crippen molar-refractivity contribution in [2.24, 2.45) is 16.8 Å². The van der Waals surface area contributed by atoms with Crippen LogP contribution in [-0.2, 0) is 27.7 Å². The zero-order valence-electron chi connectivity index (χ0n) is 23.1. The lowest BCUT2D eigenvalue weighted by atomic mass is 9.88. The Morgan fingerprint density at radius 1 is 1.05 bits per heavy atom. The number of fused-ring (bicyclic) bond motifs is 1. The van der Waals surface area contributed by atoms with E-state index in [2.05, 4.69) is 41.9 Å². The van der Waals surface area contributed by atoms with E-state index in [-0.39, 0.29) is 66.1 Å². The number of sulfonamides is 1. The Kier molecular flexibility index (Phi) is 7.12. The number of ketones is 1. The van der Waals surface area contributed by atoms with Crippen molar-refractivity contribution in [1.29, 1.82) is 5.26 Å². The summed E-state index contributed by atoms with van der Waals surface area (Å²) in [5, 5.41) is 9.16. The van der Waals surface area contributed by atoms with Crippen LogP contribution in [0.1, 0.15) is 33.7 Å². The number of amidine groups is 1. The van der Waals surface area contributed by atoms with E-state index in [0.717, 1.165) is 15.2 Å². The standard InChI is InChI=1S/C29H25BrN8O4S2/c30-24-5-6-26(43-24)44(41,42)37-13-21-22(14-37)27(21)38-25(7-23(39)18-3-1-17(10-31)2-4-18)36-29(28(38)40,8-19-11-32-15-34-19)9-20-12-33-16-35-20/h1-6,11-12,15-16,21-22,27H,7-9,13-14H2,(H,32,34)(H,33,35)/t21-,22-/m0/s1. The Bertz CT molecular complexity index is 1870. The Morgan fingerprint density at radius 3 is 2.20 bits per heavy atom. The molecular weight excluding hydrogens is 668 g/mol. The van der Waals surface area contributed by atoms with Gasteiger partial charge in [-0.2, -0.15) is 9.57 Å². The number of carbonyl (C=O) groups excluding carboxylic acids is 2. The number of H-pyrrole nitrogens is 2. The molecule has 2 fully saturated rings. The normalized spacial score (nSPS) is 22.5. The molecule has 15 heteroatoms. The second-order valence-corrected chi connectivity index (χ2v) is 15.9. The van der Waals surface area contributed by atoms with Gasteiger partial charge in [-0.1, -0.05) is 12.1 Å². The van der Waals surface area contributed by atoms with E-state index in [0.29, 0.717) is 17.0 Å². The van der Waals surface area contributed by atoms with Crippen LogP contribution in [0, 0.1) is 23.2 Å². The molecule has 224 valence electrons. The first-order valence-electron chi connectivity index (χ1n) is 13.8. The number of aliphatic imine (C=N–C) groups is 1. The molecule has 0 spiro atoms. The molecule has 1 saturated carbocycles. The number of aromatic nitrogens is 4. The smallest absolute Gasteiger partial charge is 0.256 e. The molecule has 7 rings (SSSR count). The fraction of sp³-hybridized carbons (Fsp3) is 0.310. The van der Waals surface area contributed by atoms with Crippen LogP contribution < -0.4 is 0 Å². The van der Waals surface area contributed by atoms with Crippen LogP contribution in [0.3, 0.4) is 0 Å². The lowest BCUT2D eigenvalue weighted by molar-refractivity contribution is -0.132. The summed E-state index contributed by atoms with van der Waals surface area (Å²) in [5.41, 5.74) is 1.03. The lowest BCUT2D eigenvalue weighted by Crippen LogP contribution is -2.49. The number of hydrogen-bond acceptors (Lipinski definition) is 9. The molecule has 3 aromatic heterocycles. The predicted molar refractivity (Wildman–Crippen MR) is 163 cm³/mol. The molecule has 12 nitrogen and oxygen atoms in total. The molecule has 2 aliphatic heterocycles. The molecule has 1 aliphatic carbocycles.